The summed E-state index contributed by atoms with van der Waals surface area (Å²) >= 11 is 0. The average Bonchev–Trinajstić information content (AvgIpc) is 2.98. The Morgan fingerprint density at radius 3 is 2.43 bits per heavy atom. The van der Waals surface area contributed by atoms with Gasteiger partial charge in [0.2, 0.25) is 0 Å². The number of aliphatic hydroxyl groups is 1. The second-order valence-corrected chi connectivity index (χ2v) is 7.44. The average molecular weight is 410 g/mol. The molecule has 1 heterocycles. The fraction of sp³-hybridized carbons (Fsp3) is 0.304. The number of aliphatic hydroxyl groups excluding tert-OH is 1. The number of phenolic OH excluding ortho intramolecular Hbond substituents is 1. The zero-order chi connectivity index (χ0) is 21.8. The zero-order valence-corrected chi connectivity index (χ0v) is 17.3. The van der Waals surface area contributed by atoms with Gasteiger partial charge in [-0.2, -0.15) is 0 Å². The van der Waals surface area contributed by atoms with Crippen LogP contribution in [-0.2, 0) is 9.59 Å². The molecule has 1 aliphatic rings. The van der Waals surface area contributed by atoms with E-state index in [-0.39, 0.29) is 16.9 Å². The lowest BCUT2D eigenvalue weighted by atomic mass is 9.95. The van der Waals surface area contributed by atoms with E-state index in [9.17, 15) is 19.8 Å². The molecule has 7 heteroatoms. The first-order valence-corrected chi connectivity index (χ1v) is 9.70. The van der Waals surface area contributed by atoms with Crippen molar-refractivity contribution in [3.05, 3.63) is 65.2 Å². The summed E-state index contributed by atoms with van der Waals surface area (Å²) in [6.07, 6.45) is 0.678. The van der Waals surface area contributed by atoms with Crippen LogP contribution in [0.4, 0.5) is 0 Å². The Balaban J connectivity index is 2.09. The molecular weight excluding hydrogens is 384 g/mol. The fourth-order valence-corrected chi connectivity index (χ4v) is 3.63. The first kappa shape index (κ1) is 21.4. The van der Waals surface area contributed by atoms with E-state index in [1.807, 2.05) is 49.3 Å². The summed E-state index contributed by atoms with van der Waals surface area (Å²) in [6, 6.07) is 12.8. The first-order chi connectivity index (χ1) is 14.3. The second kappa shape index (κ2) is 9.00. The van der Waals surface area contributed by atoms with Crippen molar-refractivity contribution >= 4 is 17.4 Å². The number of aromatic hydroxyl groups is 1. The quantitative estimate of drug-likeness (QED) is 0.414. The predicted molar refractivity (Wildman–Crippen MR) is 113 cm³/mol. The normalized spacial score (nSPS) is 18.3. The van der Waals surface area contributed by atoms with E-state index in [1.165, 1.54) is 24.1 Å². The Morgan fingerprint density at radius 1 is 1.13 bits per heavy atom. The summed E-state index contributed by atoms with van der Waals surface area (Å²) in [5, 5.41) is 21.3. The Labute approximate surface area is 175 Å². The molecule has 1 fully saturated rings. The third-order valence-electron chi connectivity index (χ3n) is 5.12. The lowest BCUT2D eigenvalue weighted by Crippen LogP contribution is -2.32. The number of amides is 1. The van der Waals surface area contributed by atoms with E-state index in [4.69, 9.17) is 4.74 Å². The van der Waals surface area contributed by atoms with Crippen LogP contribution in [0.3, 0.4) is 0 Å². The SMILES string of the molecule is COc1ccc(C(O)=C2C(=O)C(=O)N(CCCN(C)C)[C@H]2c2ccccc2)c(O)c1. The van der Waals surface area contributed by atoms with E-state index in [0.717, 1.165) is 12.1 Å². The van der Waals surface area contributed by atoms with E-state index in [1.54, 1.807) is 6.07 Å². The van der Waals surface area contributed by atoms with Gasteiger partial charge in [0.15, 0.2) is 0 Å². The van der Waals surface area contributed by atoms with Crippen LogP contribution >= 0.6 is 0 Å². The van der Waals surface area contributed by atoms with Gasteiger partial charge in [-0.1, -0.05) is 30.3 Å². The van der Waals surface area contributed by atoms with E-state index >= 15 is 0 Å². The van der Waals surface area contributed by atoms with Crippen LogP contribution in [-0.4, -0.2) is 66.0 Å². The molecule has 0 spiro atoms. The number of hydrogen-bond donors (Lipinski definition) is 2. The van der Waals surface area contributed by atoms with Crippen molar-refractivity contribution in [2.75, 3.05) is 34.3 Å². The van der Waals surface area contributed by atoms with Gasteiger partial charge in [0.1, 0.15) is 17.3 Å². The van der Waals surface area contributed by atoms with Crippen molar-refractivity contribution in [3.8, 4) is 11.5 Å². The summed E-state index contributed by atoms with van der Waals surface area (Å²) in [5.74, 6) is -1.65. The number of ether oxygens (including phenoxy) is 1. The molecule has 0 unspecified atom stereocenters. The summed E-state index contributed by atoms with van der Waals surface area (Å²) in [7, 11) is 5.34. The van der Waals surface area contributed by atoms with E-state index in [0.29, 0.717) is 18.7 Å². The number of ketones is 1. The maximum atomic E-state index is 12.9. The Morgan fingerprint density at radius 2 is 1.83 bits per heavy atom. The molecule has 7 nitrogen and oxygen atoms in total. The van der Waals surface area contributed by atoms with Crippen molar-refractivity contribution < 1.29 is 24.5 Å². The highest BCUT2D eigenvalue weighted by atomic mass is 16.5. The van der Waals surface area contributed by atoms with Crippen LogP contribution in [0.2, 0.25) is 0 Å². The summed E-state index contributed by atoms with van der Waals surface area (Å²) in [6.45, 7) is 1.12. The molecule has 1 saturated heterocycles. The third-order valence-corrected chi connectivity index (χ3v) is 5.12. The highest BCUT2D eigenvalue weighted by Crippen LogP contribution is 2.41. The minimum atomic E-state index is -0.763. The molecular formula is C23H26N2O5. The fourth-order valence-electron chi connectivity index (χ4n) is 3.63. The molecule has 0 bridgehead atoms. The Kier molecular flexibility index (Phi) is 6.42. The van der Waals surface area contributed by atoms with Gasteiger partial charge >= 0.3 is 0 Å². The maximum Gasteiger partial charge on any atom is 0.295 e. The molecule has 2 N–H and O–H groups in total. The molecule has 30 heavy (non-hydrogen) atoms. The van der Waals surface area contributed by atoms with Crippen molar-refractivity contribution in [3.63, 3.8) is 0 Å². The molecule has 0 radical (unpaired) electrons. The molecule has 0 saturated carbocycles. The maximum absolute atomic E-state index is 12.9. The number of nitrogens with zero attached hydrogens (tertiary/aromatic N) is 2. The number of hydrogen-bond acceptors (Lipinski definition) is 6. The lowest BCUT2D eigenvalue weighted by molar-refractivity contribution is -0.139. The molecule has 0 aromatic heterocycles. The monoisotopic (exact) mass is 410 g/mol. The molecule has 2 aromatic carbocycles. The summed E-state index contributed by atoms with van der Waals surface area (Å²) < 4.78 is 5.07. The number of rotatable bonds is 7. The lowest BCUT2D eigenvalue weighted by Gasteiger charge is -2.26. The van der Waals surface area contributed by atoms with Crippen LogP contribution in [0, 0.1) is 0 Å². The van der Waals surface area contributed by atoms with Crippen LogP contribution in [0.5, 0.6) is 11.5 Å². The number of carbonyl (C=O) groups is 2. The van der Waals surface area contributed by atoms with Crippen molar-refractivity contribution in [1.82, 2.24) is 9.80 Å². The summed E-state index contributed by atoms with van der Waals surface area (Å²) in [4.78, 5) is 29.2. The number of phenols is 1. The highest BCUT2D eigenvalue weighted by Gasteiger charge is 2.45. The van der Waals surface area contributed by atoms with Crippen LogP contribution < -0.4 is 4.74 Å². The van der Waals surface area contributed by atoms with Crippen LogP contribution in [0.1, 0.15) is 23.6 Å². The summed E-state index contributed by atoms with van der Waals surface area (Å²) in [5.41, 5.74) is 0.760. The van der Waals surface area contributed by atoms with Crippen molar-refractivity contribution in [2.45, 2.75) is 12.5 Å². The van der Waals surface area contributed by atoms with Crippen LogP contribution in [0.15, 0.2) is 54.1 Å². The molecule has 0 aliphatic carbocycles. The molecule has 1 amide bonds. The third kappa shape index (κ3) is 4.16. The topological polar surface area (TPSA) is 90.3 Å². The molecule has 2 aromatic rings. The highest BCUT2D eigenvalue weighted by molar-refractivity contribution is 6.46. The number of likely N-dealkylation sites (tertiary alicyclic amines) is 1. The smallest absolute Gasteiger partial charge is 0.295 e. The van der Waals surface area contributed by atoms with E-state index in [2.05, 4.69) is 0 Å². The van der Waals surface area contributed by atoms with Crippen LogP contribution in [0.25, 0.3) is 5.76 Å². The Bertz CT molecular complexity index is 969. The van der Waals surface area contributed by atoms with Crippen molar-refractivity contribution in [1.29, 1.82) is 0 Å². The number of methoxy groups -OCH3 is 1. The minimum Gasteiger partial charge on any atom is -0.507 e. The molecule has 1 atom stereocenters. The van der Waals surface area contributed by atoms with Crippen molar-refractivity contribution in [2.24, 2.45) is 0 Å². The van der Waals surface area contributed by atoms with Gasteiger partial charge in [-0.15, -0.1) is 0 Å². The molecule has 1 aliphatic heterocycles. The van der Waals surface area contributed by atoms with Gasteiger partial charge in [-0.05, 0) is 44.8 Å². The Hall–Kier alpha value is -3.32. The van der Waals surface area contributed by atoms with E-state index < -0.39 is 23.5 Å². The van der Waals surface area contributed by atoms with Gasteiger partial charge < -0.3 is 24.7 Å². The number of benzene rings is 2. The van der Waals surface area contributed by atoms with Gasteiger partial charge in [0.25, 0.3) is 11.7 Å². The van der Waals surface area contributed by atoms with Gasteiger partial charge in [0.05, 0.1) is 24.3 Å². The second-order valence-electron chi connectivity index (χ2n) is 7.44. The number of Topliss-reactive ketones (excluding diaryl/α,β-unsaturated/α-hetero) is 1. The van der Waals surface area contributed by atoms with Gasteiger partial charge in [0, 0.05) is 12.6 Å². The standard InChI is InChI=1S/C23H26N2O5/c1-24(2)12-7-13-25-20(15-8-5-4-6-9-15)19(22(28)23(25)29)21(27)17-11-10-16(30-3)14-18(17)26/h4-6,8-11,14,20,26-27H,7,12-13H2,1-3H3/t20-/m0/s1. The molecule has 158 valence electrons. The largest absolute Gasteiger partial charge is 0.507 e. The number of carbonyl (C=O) groups excluding carboxylic acids is 2. The minimum absolute atomic E-state index is 0.0310. The van der Waals surface area contributed by atoms with Gasteiger partial charge in [-0.3, -0.25) is 9.59 Å². The van der Waals surface area contributed by atoms with Gasteiger partial charge in [-0.25, -0.2) is 0 Å². The zero-order valence-electron chi connectivity index (χ0n) is 17.3. The first-order valence-electron chi connectivity index (χ1n) is 9.70. The molecule has 3 rings (SSSR count). The predicted octanol–water partition coefficient (Wildman–Crippen LogP) is 2.77.